The summed E-state index contributed by atoms with van der Waals surface area (Å²) in [5.41, 5.74) is 6.79. The number of hydrogen-bond acceptors (Lipinski definition) is 2. The molecule has 120 valence electrons. The van der Waals surface area contributed by atoms with Crippen LogP contribution in [0.15, 0.2) is 54.6 Å². The molecule has 2 bridgehead atoms. The van der Waals surface area contributed by atoms with E-state index in [4.69, 9.17) is 4.84 Å². The van der Waals surface area contributed by atoms with Crippen LogP contribution in [0.3, 0.4) is 0 Å². The summed E-state index contributed by atoms with van der Waals surface area (Å²) in [5.74, 6) is 0. The number of aryl methyl sites for hydroxylation is 2. The lowest BCUT2D eigenvalue weighted by atomic mass is 9.95. The van der Waals surface area contributed by atoms with Crippen molar-refractivity contribution in [2.24, 2.45) is 0 Å². The molecule has 3 aromatic carbocycles. The van der Waals surface area contributed by atoms with Crippen LogP contribution in [-0.4, -0.2) is 6.10 Å². The highest BCUT2D eigenvalue weighted by atomic mass is 16.7. The van der Waals surface area contributed by atoms with Gasteiger partial charge in [-0.1, -0.05) is 48.5 Å². The van der Waals surface area contributed by atoms with Crippen molar-refractivity contribution in [3.63, 3.8) is 0 Å². The second kappa shape index (κ2) is 5.09. The van der Waals surface area contributed by atoms with E-state index in [1.54, 1.807) is 0 Å². The molecule has 0 saturated carbocycles. The smallest absolute Gasteiger partial charge is 0.0921 e. The first-order chi connectivity index (χ1) is 11.7. The molecule has 0 aliphatic carbocycles. The molecule has 2 aliphatic rings. The zero-order valence-corrected chi connectivity index (χ0v) is 14.1. The number of nitrogens with zero attached hydrogens (tertiary/aromatic N) is 1. The van der Waals surface area contributed by atoms with E-state index in [9.17, 15) is 0 Å². The largest absolute Gasteiger partial charge is 0.269 e. The molecule has 2 heterocycles. The zero-order valence-electron chi connectivity index (χ0n) is 14.1. The molecule has 24 heavy (non-hydrogen) atoms. The van der Waals surface area contributed by atoms with Crippen molar-refractivity contribution in [2.75, 3.05) is 5.06 Å². The molecule has 1 fully saturated rings. The second-order valence-corrected chi connectivity index (χ2v) is 7.16. The molecule has 5 rings (SSSR count). The van der Waals surface area contributed by atoms with Crippen molar-refractivity contribution in [3.8, 4) is 0 Å². The van der Waals surface area contributed by atoms with Crippen molar-refractivity contribution < 1.29 is 4.84 Å². The van der Waals surface area contributed by atoms with Crippen LogP contribution >= 0.6 is 0 Å². The molecule has 3 aromatic rings. The van der Waals surface area contributed by atoms with Crippen molar-refractivity contribution in [2.45, 2.75) is 38.8 Å². The highest BCUT2D eigenvalue weighted by Crippen LogP contribution is 2.47. The maximum absolute atomic E-state index is 6.28. The Kier molecular flexibility index (Phi) is 2.98. The number of hydroxylamine groups is 1. The van der Waals surface area contributed by atoms with Gasteiger partial charge in [0.15, 0.2) is 0 Å². The normalized spacial score (nSPS) is 22.0. The van der Waals surface area contributed by atoms with E-state index in [2.05, 4.69) is 73.5 Å². The third kappa shape index (κ3) is 1.99. The molecule has 0 radical (unpaired) electrons. The lowest BCUT2D eigenvalue weighted by molar-refractivity contribution is 0.0732. The van der Waals surface area contributed by atoms with Crippen LogP contribution in [0.1, 0.15) is 34.7 Å². The third-order valence-electron chi connectivity index (χ3n) is 5.48. The molecule has 0 aromatic heterocycles. The van der Waals surface area contributed by atoms with Gasteiger partial charge in [0.05, 0.1) is 17.8 Å². The van der Waals surface area contributed by atoms with Crippen molar-refractivity contribution in [1.29, 1.82) is 0 Å². The molecule has 2 atom stereocenters. The molecule has 0 amide bonds. The van der Waals surface area contributed by atoms with Crippen LogP contribution in [0.25, 0.3) is 10.8 Å². The first-order valence-corrected chi connectivity index (χ1v) is 8.74. The van der Waals surface area contributed by atoms with Gasteiger partial charge in [0.2, 0.25) is 0 Å². The third-order valence-corrected chi connectivity index (χ3v) is 5.48. The SMILES string of the molecule is Cc1cc(C)c2c(c1)N1OC(C2)C[C@H]1c1cccc2ccccc12. The van der Waals surface area contributed by atoms with Gasteiger partial charge in [0.1, 0.15) is 0 Å². The minimum absolute atomic E-state index is 0.294. The number of fused-ring (bicyclic) bond motifs is 5. The molecule has 0 spiro atoms. The molecule has 1 unspecified atom stereocenters. The van der Waals surface area contributed by atoms with Gasteiger partial charge in [-0.15, -0.1) is 0 Å². The van der Waals surface area contributed by atoms with E-state index in [1.165, 1.54) is 38.7 Å². The van der Waals surface area contributed by atoms with Crippen LogP contribution in [0.4, 0.5) is 5.69 Å². The summed E-state index contributed by atoms with van der Waals surface area (Å²) in [6.07, 6.45) is 2.38. The van der Waals surface area contributed by atoms with Gasteiger partial charge in [-0.05, 0) is 52.9 Å². The molecule has 2 nitrogen and oxygen atoms in total. The predicted molar refractivity (Wildman–Crippen MR) is 98.3 cm³/mol. The second-order valence-electron chi connectivity index (χ2n) is 7.16. The van der Waals surface area contributed by atoms with Crippen LogP contribution in [0.5, 0.6) is 0 Å². The van der Waals surface area contributed by atoms with Gasteiger partial charge in [0, 0.05) is 12.8 Å². The van der Waals surface area contributed by atoms with Gasteiger partial charge in [-0.3, -0.25) is 4.84 Å². The number of rotatable bonds is 1. The van der Waals surface area contributed by atoms with Crippen molar-refractivity contribution in [1.82, 2.24) is 0 Å². The maximum atomic E-state index is 6.28. The minimum Gasteiger partial charge on any atom is -0.269 e. The minimum atomic E-state index is 0.294. The fourth-order valence-corrected chi connectivity index (χ4v) is 4.43. The highest BCUT2D eigenvalue weighted by molar-refractivity contribution is 5.86. The summed E-state index contributed by atoms with van der Waals surface area (Å²) in [4.78, 5) is 6.28. The van der Waals surface area contributed by atoms with Crippen LogP contribution in [0, 0.1) is 13.8 Å². The van der Waals surface area contributed by atoms with E-state index >= 15 is 0 Å². The summed E-state index contributed by atoms with van der Waals surface area (Å²) < 4.78 is 0. The fraction of sp³-hybridized carbons (Fsp3) is 0.273. The van der Waals surface area contributed by atoms with Gasteiger partial charge in [-0.2, -0.15) is 0 Å². The molecule has 1 saturated heterocycles. The van der Waals surface area contributed by atoms with E-state index in [0.717, 1.165) is 12.8 Å². The Balaban J connectivity index is 1.68. The van der Waals surface area contributed by atoms with Crippen LogP contribution in [-0.2, 0) is 11.3 Å². The topological polar surface area (TPSA) is 12.5 Å². The van der Waals surface area contributed by atoms with Crippen molar-refractivity contribution >= 4 is 16.5 Å². The van der Waals surface area contributed by atoms with Gasteiger partial charge in [-0.25, -0.2) is 5.06 Å². The molecule has 2 heteroatoms. The summed E-state index contributed by atoms with van der Waals surface area (Å²) >= 11 is 0. The quantitative estimate of drug-likeness (QED) is 0.607. The molecular formula is C22H21NO. The maximum Gasteiger partial charge on any atom is 0.0921 e. The standard InChI is InChI=1S/C22H21NO/c1-14-10-15(2)20-12-17-13-22(23(24-17)21(20)11-14)19-9-5-7-16-6-3-4-8-18(16)19/h3-11,17,22H,12-13H2,1-2H3/t17?,22-/m0/s1. The summed E-state index contributed by atoms with van der Waals surface area (Å²) in [6.45, 7) is 4.40. The summed E-state index contributed by atoms with van der Waals surface area (Å²) in [6, 6.07) is 20.2. The Morgan fingerprint density at radius 2 is 1.83 bits per heavy atom. The number of anilines is 1. The molecule has 0 N–H and O–H groups in total. The zero-order chi connectivity index (χ0) is 16.3. The Labute approximate surface area is 142 Å². The molecule has 2 aliphatic heterocycles. The van der Waals surface area contributed by atoms with Crippen LogP contribution in [0.2, 0.25) is 0 Å². The Bertz CT molecular complexity index is 941. The van der Waals surface area contributed by atoms with Gasteiger partial charge >= 0.3 is 0 Å². The highest BCUT2D eigenvalue weighted by Gasteiger charge is 2.41. The monoisotopic (exact) mass is 315 g/mol. The summed E-state index contributed by atoms with van der Waals surface area (Å²) in [5, 5.41) is 4.83. The van der Waals surface area contributed by atoms with Crippen molar-refractivity contribution in [3.05, 3.63) is 76.9 Å². The lowest BCUT2D eigenvalue weighted by Gasteiger charge is -2.32. The average molecular weight is 315 g/mol. The predicted octanol–water partition coefficient (Wildman–Crippen LogP) is 5.26. The molecular weight excluding hydrogens is 294 g/mol. The van der Waals surface area contributed by atoms with E-state index in [0.29, 0.717) is 12.1 Å². The van der Waals surface area contributed by atoms with E-state index in [1.807, 2.05) is 0 Å². The van der Waals surface area contributed by atoms with Gasteiger partial charge < -0.3 is 0 Å². The number of hydrogen-bond donors (Lipinski definition) is 0. The lowest BCUT2D eigenvalue weighted by Crippen LogP contribution is -2.28. The first-order valence-electron chi connectivity index (χ1n) is 8.74. The average Bonchev–Trinajstić information content (AvgIpc) is 2.94. The fourth-order valence-electron chi connectivity index (χ4n) is 4.43. The Hall–Kier alpha value is -2.32. The van der Waals surface area contributed by atoms with Gasteiger partial charge in [0.25, 0.3) is 0 Å². The Morgan fingerprint density at radius 1 is 1.00 bits per heavy atom. The summed E-state index contributed by atoms with van der Waals surface area (Å²) in [7, 11) is 0. The number of benzene rings is 3. The van der Waals surface area contributed by atoms with E-state index < -0.39 is 0 Å². The van der Waals surface area contributed by atoms with E-state index in [-0.39, 0.29) is 0 Å². The first kappa shape index (κ1) is 14.1. The Morgan fingerprint density at radius 3 is 2.75 bits per heavy atom. The van der Waals surface area contributed by atoms with Crippen LogP contribution < -0.4 is 5.06 Å².